The molecule has 12 heavy (non-hydrogen) atoms. The number of aromatic nitrogens is 1. The topological polar surface area (TPSA) is 48.1 Å². The minimum absolute atomic E-state index is 0.684. The normalized spacial score (nSPS) is 10.1. The van der Waals surface area contributed by atoms with E-state index < -0.39 is 0 Å². The van der Waals surface area contributed by atoms with Gasteiger partial charge in [0.05, 0.1) is 12.8 Å². The Balaban J connectivity index is 2.15. The Morgan fingerprint density at radius 3 is 3.00 bits per heavy atom. The molecule has 68 valence electrons. The summed E-state index contributed by atoms with van der Waals surface area (Å²) in [6.07, 6.45) is 5.14. The van der Waals surface area contributed by atoms with Gasteiger partial charge in [0.2, 0.25) is 0 Å². The Morgan fingerprint density at radius 2 is 2.42 bits per heavy atom. The van der Waals surface area contributed by atoms with Crippen molar-refractivity contribution in [2.75, 3.05) is 12.3 Å². The van der Waals surface area contributed by atoms with E-state index >= 15 is 0 Å². The maximum absolute atomic E-state index is 5.49. The van der Waals surface area contributed by atoms with Crippen molar-refractivity contribution in [3.05, 3.63) is 6.20 Å². The molecule has 3 nitrogen and oxygen atoms in total. The molecule has 0 saturated heterocycles. The first-order chi connectivity index (χ1) is 5.83. The van der Waals surface area contributed by atoms with Crippen molar-refractivity contribution in [2.24, 2.45) is 0 Å². The Kier molecular flexibility index (Phi) is 3.87. The second kappa shape index (κ2) is 4.98. The molecule has 0 saturated carbocycles. The summed E-state index contributed by atoms with van der Waals surface area (Å²) in [4.78, 5) is 3.98. The van der Waals surface area contributed by atoms with Crippen molar-refractivity contribution >= 4 is 16.3 Å². The van der Waals surface area contributed by atoms with Crippen LogP contribution in [0.3, 0.4) is 0 Å². The van der Waals surface area contributed by atoms with Gasteiger partial charge in [-0.25, -0.2) is 4.98 Å². The number of hydrogen-bond donors (Lipinski definition) is 1. The van der Waals surface area contributed by atoms with Crippen LogP contribution in [0.5, 0.6) is 5.19 Å². The largest absolute Gasteiger partial charge is 0.470 e. The Hall–Kier alpha value is -0.770. The van der Waals surface area contributed by atoms with Crippen LogP contribution in [-0.4, -0.2) is 11.6 Å². The molecule has 0 spiro atoms. The molecule has 4 heteroatoms. The summed E-state index contributed by atoms with van der Waals surface area (Å²) in [7, 11) is 0. The van der Waals surface area contributed by atoms with Crippen molar-refractivity contribution in [2.45, 2.75) is 26.2 Å². The molecule has 1 aromatic heterocycles. The fourth-order valence-electron chi connectivity index (χ4n) is 0.848. The number of hydrogen-bond acceptors (Lipinski definition) is 4. The molecule has 0 radical (unpaired) electrons. The van der Waals surface area contributed by atoms with Gasteiger partial charge in [-0.1, -0.05) is 31.1 Å². The molecule has 0 aliphatic heterocycles. The predicted octanol–water partition coefficient (Wildman–Crippen LogP) is 2.29. The van der Waals surface area contributed by atoms with E-state index in [2.05, 4.69) is 11.9 Å². The predicted molar refractivity (Wildman–Crippen MR) is 51.5 cm³/mol. The third-order valence-corrected chi connectivity index (χ3v) is 2.21. The highest BCUT2D eigenvalue weighted by molar-refractivity contribution is 7.17. The summed E-state index contributed by atoms with van der Waals surface area (Å²) >= 11 is 1.39. The summed E-state index contributed by atoms with van der Waals surface area (Å²) in [5.74, 6) is 0. The summed E-state index contributed by atoms with van der Waals surface area (Å²) in [6.45, 7) is 2.92. The lowest BCUT2D eigenvalue weighted by atomic mass is 10.3. The highest BCUT2D eigenvalue weighted by Crippen LogP contribution is 2.21. The lowest BCUT2D eigenvalue weighted by molar-refractivity contribution is 0.305. The lowest BCUT2D eigenvalue weighted by Gasteiger charge is -1.99. The zero-order valence-electron chi connectivity index (χ0n) is 7.25. The number of nitrogens with two attached hydrogens (primary N) is 1. The maximum atomic E-state index is 5.49. The zero-order chi connectivity index (χ0) is 8.81. The number of rotatable bonds is 5. The molecule has 0 bridgehead atoms. The molecule has 0 fully saturated rings. The third kappa shape index (κ3) is 3.09. The molecule has 0 aliphatic rings. The van der Waals surface area contributed by atoms with E-state index in [9.17, 15) is 0 Å². The van der Waals surface area contributed by atoms with Gasteiger partial charge in [0.1, 0.15) is 5.00 Å². The molecule has 0 unspecified atom stereocenters. The molecular formula is C8H14N2OS. The van der Waals surface area contributed by atoms with Crippen molar-refractivity contribution in [3.8, 4) is 5.19 Å². The summed E-state index contributed by atoms with van der Waals surface area (Å²) < 4.78 is 5.36. The van der Waals surface area contributed by atoms with E-state index in [1.807, 2.05) is 0 Å². The van der Waals surface area contributed by atoms with E-state index in [-0.39, 0.29) is 0 Å². The number of anilines is 1. The third-order valence-electron chi connectivity index (χ3n) is 1.48. The van der Waals surface area contributed by atoms with Crippen LogP contribution in [0, 0.1) is 0 Å². The quantitative estimate of drug-likeness (QED) is 0.718. The van der Waals surface area contributed by atoms with Gasteiger partial charge in [0, 0.05) is 0 Å². The SMILES string of the molecule is CCCCCOc1ncc(N)s1. The van der Waals surface area contributed by atoms with Crippen molar-refractivity contribution < 1.29 is 4.74 Å². The minimum Gasteiger partial charge on any atom is -0.470 e. The second-order valence-electron chi connectivity index (χ2n) is 2.58. The van der Waals surface area contributed by atoms with E-state index in [4.69, 9.17) is 10.5 Å². The van der Waals surface area contributed by atoms with Gasteiger partial charge in [-0.2, -0.15) is 0 Å². The van der Waals surface area contributed by atoms with Crippen LogP contribution < -0.4 is 10.5 Å². The highest BCUT2D eigenvalue weighted by Gasteiger charge is 1.98. The van der Waals surface area contributed by atoms with Gasteiger partial charge in [0.15, 0.2) is 0 Å². The monoisotopic (exact) mass is 186 g/mol. The highest BCUT2D eigenvalue weighted by atomic mass is 32.1. The zero-order valence-corrected chi connectivity index (χ0v) is 8.06. The van der Waals surface area contributed by atoms with Crippen molar-refractivity contribution in [1.82, 2.24) is 4.98 Å². The molecule has 0 amide bonds. The van der Waals surface area contributed by atoms with Crippen LogP contribution in [0.25, 0.3) is 0 Å². The van der Waals surface area contributed by atoms with Gasteiger partial charge in [0.25, 0.3) is 5.19 Å². The van der Waals surface area contributed by atoms with Gasteiger partial charge >= 0.3 is 0 Å². The summed E-state index contributed by atoms with van der Waals surface area (Å²) in [6, 6.07) is 0. The smallest absolute Gasteiger partial charge is 0.275 e. The average Bonchev–Trinajstić information content (AvgIpc) is 2.45. The number of ether oxygens (including phenoxy) is 1. The lowest BCUT2D eigenvalue weighted by Crippen LogP contribution is -1.95. The van der Waals surface area contributed by atoms with Crippen LogP contribution >= 0.6 is 11.3 Å². The van der Waals surface area contributed by atoms with Crippen LogP contribution in [0.4, 0.5) is 5.00 Å². The number of nitrogens with zero attached hydrogens (tertiary/aromatic N) is 1. The van der Waals surface area contributed by atoms with Crippen molar-refractivity contribution in [1.29, 1.82) is 0 Å². The fraction of sp³-hybridized carbons (Fsp3) is 0.625. The number of thiazole rings is 1. The first-order valence-corrected chi connectivity index (χ1v) is 4.98. The second-order valence-corrected chi connectivity index (χ2v) is 3.61. The number of unbranched alkanes of at least 4 members (excludes halogenated alkanes) is 2. The fourth-order valence-corrected chi connectivity index (χ4v) is 1.40. The van der Waals surface area contributed by atoms with E-state index in [1.54, 1.807) is 6.20 Å². The molecule has 0 aliphatic carbocycles. The molecule has 1 aromatic rings. The van der Waals surface area contributed by atoms with Gasteiger partial charge in [-0.15, -0.1) is 0 Å². The van der Waals surface area contributed by atoms with Gasteiger partial charge in [-0.05, 0) is 6.42 Å². The first-order valence-electron chi connectivity index (χ1n) is 4.17. The molecule has 1 rings (SSSR count). The maximum Gasteiger partial charge on any atom is 0.275 e. The van der Waals surface area contributed by atoms with E-state index in [0.717, 1.165) is 13.0 Å². The van der Waals surface area contributed by atoms with Crippen LogP contribution in [0.1, 0.15) is 26.2 Å². The van der Waals surface area contributed by atoms with Gasteiger partial charge in [-0.3, -0.25) is 0 Å². The number of nitrogen functional groups attached to an aromatic ring is 1. The average molecular weight is 186 g/mol. The Morgan fingerprint density at radius 1 is 1.58 bits per heavy atom. The minimum atomic E-state index is 0.684. The summed E-state index contributed by atoms with van der Waals surface area (Å²) in [5, 5.41) is 1.39. The van der Waals surface area contributed by atoms with Crippen LogP contribution in [0.2, 0.25) is 0 Å². The Bertz CT molecular complexity index is 225. The van der Waals surface area contributed by atoms with Crippen LogP contribution in [-0.2, 0) is 0 Å². The Labute approximate surface area is 76.6 Å². The first kappa shape index (κ1) is 9.32. The van der Waals surface area contributed by atoms with Crippen LogP contribution in [0.15, 0.2) is 6.20 Å². The van der Waals surface area contributed by atoms with Crippen molar-refractivity contribution in [3.63, 3.8) is 0 Å². The van der Waals surface area contributed by atoms with E-state index in [1.165, 1.54) is 24.2 Å². The molecular weight excluding hydrogens is 172 g/mol. The molecule has 2 N–H and O–H groups in total. The molecule has 0 atom stereocenters. The van der Waals surface area contributed by atoms with E-state index in [0.29, 0.717) is 10.2 Å². The van der Waals surface area contributed by atoms with Gasteiger partial charge < -0.3 is 10.5 Å². The summed E-state index contributed by atoms with van der Waals surface area (Å²) in [5.41, 5.74) is 5.49. The standard InChI is InChI=1S/C8H14N2OS/c1-2-3-4-5-11-8-10-6-7(9)12-8/h6H,2-5,9H2,1H3. The molecule has 0 aromatic carbocycles. The molecule has 1 heterocycles.